The lowest BCUT2D eigenvalue weighted by Crippen LogP contribution is -2.27. The predicted octanol–water partition coefficient (Wildman–Crippen LogP) is 3.44. The van der Waals surface area contributed by atoms with Crippen molar-refractivity contribution in [3.05, 3.63) is 59.2 Å². The predicted molar refractivity (Wildman–Crippen MR) is 82.7 cm³/mol. The maximum Gasteiger partial charge on any atom is 0.264 e. The molecule has 0 unspecified atom stereocenters. The van der Waals surface area contributed by atoms with Crippen molar-refractivity contribution < 1.29 is 8.42 Å². The summed E-state index contributed by atoms with van der Waals surface area (Å²) in [5, 5.41) is 0. The maximum atomic E-state index is 12.6. The van der Waals surface area contributed by atoms with Crippen LogP contribution in [0.3, 0.4) is 0 Å². The molecular weight excluding hydrogens is 270 g/mol. The Bertz CT molecular complexity index is 719. The Hall–Kier alpha value is -1.81. The van der Waals surface area contributed by atoms with Crippen LogP contribution in [-0.2, 0) is 10.0 Å². The lowest BCUT2D eigenvalue weighted by atomic mass is 10.1. The van der Waals surface area contributed by atoms with Crippen molar-refractivity contribution in [1.29, 1.82) is 0 Å². The molecule has 2 rings (SSSR count). The fourth-order valence-electron chi connectivity index (χ4n) is 2.06. The van der Waals surface area contributed by atoms with Gasteiger partial charge in [-0.05, 0) is 50.1 Å². The summed E-state index contributed by atoms with van der Waals surface area (Å²) < 4.78 is 26.6. The zero-order valence-electron chi connectivity index (χ0n) is 12.2. The average molecular weight is 289 g/mol. The number of nitrogens with zero attached hydrogens (tertiary/aromatic N) is 1. The lowest BCUT2D eigenvalue weighted by molar-refractivity contribution is 0.594. The minimum absolute atomic E-state index is 0.312. The van der Waals surface area contributed by atoms with Crippen LogP contribution in [0.25, 0.3) is 0 Å². The molecular formula is C16H19NO2S. The van der Waals surface area contributed by atoms with Crippen molar-refractivity contribution in [3.8, 4) is 0 Å². The van der Waals surface area contributed by atoms with E-state index >= 15 is 0 Å². The van der Waals surface area contributed by atoms with E-state index in [2.05, 4.69) is 0 Å². The van der Waals surface area contributed by atoms with Gasteiger partial charge in [-0.25, -0.2) is 8.42 Å². The summed E-state index contributed by atoms with van der Waals surface area (Å²) in [6, 6.07) is 12.7. The SMILES string of the molecule is Cc1ccc(S(=O)(=O)N(C)c2cc(C)ccc2C)cc1. The van der Waals surface area contributed by atoms with Crippen LogP contribution >= 0.6 is 0 Å². The fraction of sp³-hybridized carbons (Fsp3) is 0.250. The Labute approximate surface area is 120 Å². The van der Waals surface area contributed by atoms with E-state index in [1.165, 1.54) is 4.31 Å². The number of rotatable bonds is 3. The van der Waals surface area contributed by atoms with Gasteiger partial charge in [0.2, 0.25) is 0 Å². The van der Waals surface area contributed by atoms with E-state index in [9.17, 15) is 8.42 Å². The van der Waals surface area contributed by atoms with Gasteiger partial charge in [-0.2, -0.15) is 0 Å². The first-order chi connectivity index (χ1) is 9.32. The molecule has 0 saturated carbocycles. The summed E-state index contributed by atoms with van der Waals surface area (Å²) in [5.41, 5.74) is 3.73. The minimum Gasteiger partial charge on any atom is -0.269 e. The number of anilines is 1. The van der Waals surface area contributed by atoms with Crippen molar-refractivity contribution in [3.63, 3.8) is 0 Å². The van der Waals surface area contributed by atoms with E-state index in [1.54, 1.807) is 19.2 Å². The third-order valence-corrected chi connectivity index (χ3v) is 5.17. The third-order valence-electron chi connectivity index (χ3n) is 3.38. The Morgan fingerprint density at radius 2 is 1.40 bits per heavy atom. The summed E-state index contributed by atoms with van der Waals surface area (Å²) in [7, 11) is -1.92. The third kappa shape index (κ3) is 2.70. The highest BCUT2D eigenvalue weighted by Crippen LogP contribution is 2.26. The summed E-state index contributed by atoms with van der Waals surface area (Å²) in [4.78, 5) is 0.312. The molecule has 3 nitrogen and oxygen atoms in total. The number of hydrogen-bond acceptors (Lipinski definition) is 2. The first kappa shape index (κ1) is 14.6. The summed E-state index contributed by atoms with van der Waals surface area (Å²) in [6.45, 7) is 5.80. The van der Waals surface area contributed by atoms with E-state index in [4.69, 9.17) is 0 Å². The lowest BCUT2D eigenvalue weighted by Gasteiger charge is -2.22. The van der Waals surface area contributed by atoms with Crippen LogP contribution in [0, 0.1) is 20.8 Å². The molecule has 20 heavy (non-hydrogen) atoms. The molecule has 0 spiro atoms. The summed E-state index contributed by atoms with van der Waals surface area (Å²) >= 11 is 0. The Balaban J connectivity index is 2.48. The zero-order valence-corrected chi connectivity index (χ0v) is 13.0. The van der Waals surface area contributed by atoms with Crippen molar-refractivity contribution in [1.82, 2.24) is 0 Å². The normalized spacial score (nSPS) is 11.4. The van der Waals surface area contributed by atoms with Gasteiger partial charge in [-0.3, -0.25) is 4.31 Å². The molecule has 2 aromatic rings. The van der Waals surface area contributed by atoms with Gasteiger partial charge < -0.3 is 0 Å². The highest BCUT2D eigenvalue weighted by molar-refractivity contribution is 7.92. The zero-order chi connectivity index (χ0) is 14.9. The molecule has 0 N–H and O–H groups in total. The fourth-order valence-corrected chi connectivity index (χ4v) is 3.31. The highest BCUT2D eigenvalue weighted by atomic mass is 32.2. The van der Waals surface area contributed by atoms with Gasteiger partial charge in [-0.1, -0.05) is 29.8 Å². The number of hydrogen-bond donors (Lipinski definition) is 0. The summed E-state index contributed by atoms with van der Waals surface area (Å²) in [6.07, 6.45) is 0. The molecule has 0 atom stereocenters. The smallest absolute Gasteiger partial charge is 0.264 e. The Kier molecular flexibility index (Phi) is 3.86. The van der Waals surface area contributed by atoms with Gasteiger partial charge in [0.15, 0.2) is 0 Å². The molecule has 2 aromatic carbocycles. The molecule has 0 heterocycles. The van der Waals surface area contributed by atoms with Gasteiger partial charge >= 0.3 is 0 Å². The van der Waals surface area contributed by atoms with E-state index in [0.29, 0.717) is 10.6 Å². The van der Waals surface area contributed by atoms with E-state index < -0.39 is 10.0 Å². The number of benzene rings is 2. The highest BCUT2D eigenvalue weighted by Gasteiger charge is 2.22. The average Bonchev–Trinajstić information content (AvgIpc) is 2.41. The van der Waals surface area contributed by atoms with Crippen LogP contribution in [0.1, 0.15) is 16.7 Å². The molecule has 0 aliphatic rings. The van der Waals surface area contributed by atoms with Crippen LogP contribution in [-0.4, -0.2) is 15.5 Å². The molecule has 0 aliphatic heterocycles. The van der Waals surface area contributed by atoms with Gasteiger partial charge in [0, 0.05) is 7.05 Å². The molecule has 0 bridgehead atoms. The maximum absolute atomic E-state index is 12.6. The molecule has 106 valence electrons. The quantitative estimate of drug-likeness (QED) is 0.868. The van der Waals surface area contributed by atoms with Crippen LogP contribution in [0.5, 0.6) is 0 Å². The molecule has 0 aliphatic carbocycles. The van der Waals surface area contributed by atoms with Crippen molar-refractivity contribution in [2.45, 2.75) is 25.7 Å². The topological polar surface area (TPSA) is 37.4 Å². The van der Waals surface area contributed by atoms with Crippen LogP contribution in [0.2, 0.25) is 0 Å². The van der Waals surface area contributed by atoms with Gasteiger partial charge in [-0.15, -0.1) is 0 Å². The van der Waals surface area contributed by atoms with Crippen LogP contribution in [0.15, 0.2) is 47.4 Å². The largest absolute Gasteiger partial charge is 0.269 e. The summed E-state index contributed by atoms with van der Waals surface area (Å²) in [5.74, 6) is 0. The first-order valence-electron chi connectivity index (χ1n) is 6.45. The number of sulfonamides is 1. The van der Waals surface area contributed by atoms with Crippen molar-refractivity contribution in [2.75, 3.05) is 11.4 Å². The Morgan fingerprint density at radius 1 is 0.850 bits per heavy atom. The van der Waals surface area contributed by atoms with E-state index in [1.807, 2.05) is 51.1 Å². The monoisotopic (exact) mass is 289 g/mol. The van der Waals surface area contributed by atoms with Crippen LogP contribution in [0.4, 0.5) is 5.69 Å². The molecule has 0 saturated heterocycles. The molecule has 0 radical (unpaired) electrons. The molecule has 0 fully saturated rings. The second-order valence-electron chi connectivity index (χ2n) is 5.08. The minimum atomic E-state index is -3.51. The van der Waals surface area contributed by atoms with Crippen molar-refractivity contribution >= 4 is 15.7 Å². The Morgan fingerprint density at radius 3 is 2.00 bits per heavy atom. The molecule has 0 aromatic heterocycles. The van der Waals surface area contributed by atoms with Crippen molar-refractivity contribution in [2.24, 2.45) is 0 Å². The van der Waals surface area contributed by atoms with E-state index in [-0.39, 0.29) is 0 Å². The van der Waals surface area contributed by atoms with Crippen LogP contribution < -0.4 is 4.31 Å². The van der Waals surface area contributed by atoms with Gasteiger partial charge in [0.05, 0.1) is 10.6 Å². The van der Waals surface area contributed by atoms with Gasteiger partial charge in [0.25, 0.3) is 10.0 Å². The second kappa shape index (κ2) is 5.29. The number of aryl methyl sites for hydroxylation is 3. The molecule has 4 heteroatoms. The molecule has 0 amide bonds. The standard InChI is InChI=1S/C16H19NO2S/c1-12-6-9-15(10-7-12)20(18,19)17(4)16-11-13(2)5-8-14(16)3/h5-11H,1-4H3. The first-order valence-corrected chi connectivity index (χ1v) is 7.89. The second-order valence-corrected chi connectivity index (χ2v) is 7.04. The van der Waals surface area contributed by atoms with E-state index in [0.717, 1.165) is 16.7 Å². The van der Waals surface area contributed by atoms with Gasteiger partial charge in [0.1, 0.15) is 0 Å².